The molecule has 2 aromatic rings. The maximum absolute atomic E-state index is 13.6. The smallest absolute Gasteiger partial charge is 0.151 e. The number of ketones is 1. The number of Topliss-reactive ketones (excluding diaryl/α,β-unsaturated/α-hetero) is 1. The van der Waals surface area contributed by atoms with Crippen LogP contribution in [0.4, 0.5) is 4.39 Å². The van der Waals surface area contributed by atoms with E-state index in [4.69, 9.17) is 0 Å². The van der Waals surface area contributed by atoms with Crippen molar-refractivity contribution in [1.29, 1.82) is 0 Å². The first-order chi connectivity index (χ1) is 11.7. The Morgan fingerprint density at radius 2 is 1.42 bits per heavy atom. The molecule has 0 spiro atoms. The highest BCUT2D eigenvalue weighted by Gasteiger charge is 2.19. The van der Waals surface area contributed by atoms with Crippen molar-refractivity contribution in [2.75, 3.05) is 32.7 Å². The molecule has 0 N–H and O–H groups in total. The fraction of sp³-hybridized carbons (Fsp3) is 0.350. The molecule has 6 heteroatoms. The van der Waals surface area contributed by atoms with Gasteiger partial charge in [-0.25, -0.2) is 4.39 Å². The zero-order valence-corrected chi connectivity index (χ0v) is 16.3. The summed E-state index contributed by atoms with van der Waals surface area (Å²) < 4.78 is 13.6. The highest BCUT2D eigenvalue weighted by Crippen LogP contribution is 2.10. The van der Waals surface area contributed by atoms with E-state index in [0.717, 1.165) is 32.7 Å². The summed E-state index contributed by atoms with van der Waals surface area (Å²) in [5, 5.41) is 0. The van der Waals surface area contributed by atoms with Gasteiger partial charge in [-0.3, -0.25) is 14.6 Å². The molecular formula is C20H25Cl2FN2O. The first kappa shape index (κ1) is 22.6. The minimum absolute atomic E-state index is 0. The van der Waals surface area contributed by atoms with Gasteiger partial charge in [0, 0.05) is 39.1 Å². The molecule has 1 fully saturated rings. The number of carbonyl (C=O) groups is 1. The van der Waals surface area contributed by atoms with Crippen molar-refractivity contribution in [2.45, 2.75) is 13.0 Å². The van der Waals surface area contributed by atoms with E-state index in [1.165, 1.54) is 11.6 Å². The molecule has 0 aliphatic carbocycles. The second-order valence-corrected chi connectivity index (χ2v) is 6.34. The molecule has 0 saturated carbocycles. The SMILES string of the molecule is Cl.Cl.O=C(Cc1ccccc1F)CN1CCN(Cc2ccccc2)CC1. The molecule has 1 aliphatic heterocycles. The fourth-order valence-electron chi connectivity index (χ4n) is 3.11. The monoisotopic (exact) mass is 398 g/mol. The molecule has 142 valence electrons. The van der Waals surface area contributed by atoms with Crippen LogP contribution in [0, 0.1) is 5.82 Å². The molecular weight excluding hydrogens is 374 g/mol. The summed E-state index contributed by atoms with van der Waals surface area (Å²) in [6, 6.07) is 17.0. The first-order valence-electron chi connectivity index (χ1n) is 8.44. The second kappa shape index (κ2) is 11.3. The van der Waals surface area contributed by atoms with E-state index < -0.39 is 0 Å². The number of nitrogens with zero attached hydrogens (tertiary/aromatic N) is 2. The van der Waals surface area contributed by atoms with Gasteiger partial charge in [0.1, 0.15) is 5.82 Å². The zero-order valence-electron chi connectivity index (χ0n) is 14.6. The Kier molecular flexibility index (Phi) is 9.81. The maximum Gasteiger partial charge on any atom is 0.151 e. The summed E-state index contributed by atoms with van der Waals surface area (Å²) in [7, 11) is 0. The number of hydrogen-bond acceptors (Lipinski definition) is 3. The van der Waals surface area contributed by atoms with Gasteiger partial charge in [0.25, 0.3) is 0 Å². The van der Waals surface area contributed by atoms with Crippen LogP contribution in [0.15, 0.2) is 54.6 Å². The first-order valence-corrected chi connectivity index (χ1v) is 8.44. The van der Waals surface area contributed by atoms with Gasteiger partial charge in [-0.05, 0) is 17.2 Å². The molecule has 0 radical (unpaired) electrons. The molecule has 0 aromatic heterocycles. The number of rotatable bonds is 6. The molecule has 1 heterocycles. The van der Waals surface area contributed by atoms with Crippen molar-refractivity contribution in [2.24, 2.45) is 0 Å². The van der Waals surface area contributed by atoms with Crippen LogP contribution in [0.1, 0.15) is 11.1 Å². The number of piperazine rings is 1. The lowest BCUT2D eigenvalue weighted by atomic mass is 10.1. The van der Waals surface area contributed by atoms with Crippen LogP contribution >= 0.6 is 24.8 Å². The molecule has 0 bridgehead atoms. The average molecular weight is 399 g/mol. The van der Waals surface area contributed by atoms with Crippen molar-refractivity contribution in [1.82, 2.24) is 9.80 Å². The van der Waals surface area contributed by atoms with Gasteiger partial charge in [0.15, 0.2) is 5.78 Å². The third-order valence-corrected chi connectivity index (χ3v) is 4.46. The molecule has 0 amide bonds. The van der Waals surface area contributed by atoms with Gasteiger partial charge in [-0.15, -0.1) is 24.8 Å². The average Bonchev–Trinajstić information content (AvgIpc) is 2.60. The van der Waals surface area contributed by atoms with Crippen LogP contribution in [0.5, 0.6) is 0 Å². The molecule has 0 unspecified atom stereocenters. The summed E-state index contributed by atoms with van der Waals surface area (Å²) in [6.45, 7) is 5.06. The predicted octanol–water partition coefficient (Wildman–Crippen LogP) is 3.60. The van der Waals surface area contributed by atoms with E-state index in [2.05, 4.69) is 34.1 Å². The Balaban J connectivity index is 0.00000169. The second-order valence-electron chi connectivity index (χ2n) is 6.34. The summed E-state index contributed by atoms with van der Waals surface area (Å²) in [5.41, 5.74) is 1.81. The molecule has 26 heavy (non-hydrogen) atoms. The van der Waals surface area contributed by atoms with Gasteiger partial charge < -0.3 is 0 Å². The van der Waals surface area contributed by atoms with Crippen LogP contribution in [0.3, 0.4) is 0 Å². The van der Waals surface area contributed by atoms with Crippen LogP contribution in [0.2, 0.25) is 0 Å². The maximum atomic E-state index is 13.6. The van der Waals surface area contributed by atoms with Gasteiger partial charge in [0.2, 0.25) is 0 Å². The largest absolute Gasteiger partial charge is 0.298 e. The highest BCUT2D eigenvalue weighted by atomic mass is 35.5. The Bertz CT molecular complexity index is 677. The predicted molar refractivity (Wildman–Crippen MR) is 108 cm³/mol. The van der Waals surface area contributed by atoms with Crippen molar-refractivity contribution in [3.05, 3.63) is 71.5 Å². The quantitative estimate of drug-likeness (QED) is 0.742. The van der Waals surface area contributed by atoms with Crippen LogP contribution in [-0.4, -0.2) is 48.3 Å². The van der Waals surface area contributed by atoms with Gasteiger partial charge >= 0.3 is 0 Å². The lowest BCUT2D eigenvalue weighted by Crippen LogP contribution is -2.47. The van der Waals surface area contributed by atoms with Crippen LogP contribution in [0.25, 0.3) is 0 Å². The van der Waals surface area contributed by atoms with E-state index in [-0.39, 0.29) is 42.8 Å². The topological polar surface area (TPSA) is 23.6 Å². The van der Waals surface area contributed by atoms with Crippen molar-refractivity contribution < 1.29 is 9.18 Å². The summed E-state index contributed by atoms with van der Waals surface area (Å²) in [6.07, 6.45) is 0.177. The van der Waals surface area contributed by atoms with Crippen molar-refractivity contribution in [3.63, 3.8) is 0 Å². The standard InChI is InChI=1S/C20H23FN2O.2ClH/c21-20-9-5-4-8-18(20)14-19(24)16-23-12-10-22(11-13-23)15-17-6-2-1-3-7-17;;/h1-9H,10-16H2;2*1H. The number of carbonyl (C=O) groups excluding carboxylic acids is 1. The number of hydrogen-bond donors (Lipinski definition) is 0. The molecule has 2 aromatic carbocycles. The fourth-order valence-corrected chi connectivity index (χ4v) is 3.11. The Morgan fingerprint density at radius 3 is 2.08 bits per heavy atom. The van der Waals surface area contributed by atoms with E-state index in [0.29, 0.717) is 12.1 Å². The minimum Gasteiger partial charge on any atom is -0.298 e. The van der Waals surface area contributed by atoms with E-state index in [1.54, 1.807) is 18.2 Å². The third-order valence-electron chi connectivity index (χ3n) is 4.46. The molecule has 3 nitrogen and oxygen atoms in total. The normalized spacial score (nSPS) is 15.0. The summed E-state index contributed by atoms with van der Waals surface area (Å²) >= 11 is 0. The minimum atomic E-state index is -0.293. The van der Waals surface area contributed by atoms with Crippen LogP contribution < -0.4 is 0 Å². The number of halogens is 3. The summed E-state index contributed by atoms with van der Waals surface area (Å²) in [5.74, 6) is -0.213. The molecule has 0 atom stereocenters. The van der Waals surface area contributed by atoms with Gasteiger partial charge in [-0.2, -0.15) is 0 Å². The van der Waals surface area contributed by atoms with E-state index in [1.807, 2.05) is 6.07 Å². The van der Waals surface area contributed by atoms with Gasteiger partial charge in [-0.1, -0.05) is 48.5 Å². The molecule has 1 saturated heterocycles. The Labute approximate surface area is 167 Å². The lowest BCUT2D eigenvalue weighted by Gasteiger charge is -2.34. The lowest BCUT2D eigenvalue weighted by molar-refractivity contribution is -0.120. The van der Waals surface area contributed by atoms with Crippen molar-refractivity contribution >= 4 is 30.6 Å². The van der Waals surface area contributed by atoms with Crippen LogP contribution in [-0.2, 0) is 17.8 Å². The van der Waals surface area contributed by atoms with E-state index >= 15 is 0 Å². The zero-order chi connectivity index (χ0) is 16.8. The third kappa shape index (κ3) is 6.69. The Morgan fingerprint density at radius 1 is 0.846 bits per heavy atom. The Hall–Kier alpha value is -1.46. The highest BCUT2D eigenvalue weighted by molar-refractivity contribution is 5.85. The van der Waals surface area contributed by atoms with Gasteiger partial charge in [0.05, 0.1) is 6.54 Å². The number of benzene rings is 2. The van der Waals surface area contributed by atoms with Crippen molar-refractivity contribution in [3.8, 4) is 0 Å². The molecule has 1 aliphatic rings. The summed E-state index contributed by atoms with van der Waals surface area (Å²) in [4.78, 5) is 16.8. The molecule has 3 rings (SSSR count). The van der Waals surface area contributed by atoms with E-state index in [9.17, 15) is 9.18 Å².